The molecule has 0 aromatic heterocycles. The zero-order chi connectivity index (χ0) is 21.0. The maximum absolute atomic E-state index is 12.7. The SMILES string of the molecule is CCCC(=O)N1CCN(c2ccc(NC(=O)c3cc(Br)cc(Br)c3I)cc2)CC1. The fourth-order valence-corrected chi connectivity index (χ4v) is 5.04. The lowest BCUT2D eigenvalue weighted by molar-refractivity contribution is -0.131. The Morgan fingerprint density at radius 2 is 1.72 bits per heavy atom. The van der Waals surface area contributed by atoms with E-state index >= 15 is 0 Å². The fraction of sp³-hybridized carbons (Fsp3) is 0.333. The van der Waals surface area contributed by atoms with Gasteiger partial charge in [-0.05, 0) is 81.3 Å². The Kier molecular flexibility index (Phi) is 7.98. The number of halogens is 3. The molecule has 1 aliphatic heterocycles. The van der Waals surface area contributed by atoms with Gasteiger partial charge >= 0.3 is 0 Å². The third-order valence-corrected chi connectivity index (χ3v) is 7.81. The number of carbonyl (C=O) groups excluding carboxylic acids is 2. The van der Waals surface area contributed by atoms with Crippen molar-refractivity contribution in [3.8, 4) is 0 Å². The smallest absolute Gasteiger partial charge is 0.256 e. The second-order valence-electron chi connectivity index (χ2n) is 6.87. The summed E-state index contributed by atoms with van der Waals surface area (Å²) in [5, 5.41) is 2.96. The lowest BCUT2D eigenvalue weighted by atomic mass is 10.2. The predicted octanol–water partition coefficient (Wildman–Crippen LogP) is 5.52. The predicted molar refractivity (Wildman–Crippen MR) is 133 cm³/mol. The van der Waals surface area contributed by atoms with E-state index in [-0.39, 0.29) is 11.8 Å². The molecule has 0 saturated carbocycles. The van der Waals surface area contributed by atoms with Gasteiger partial charge in [0.15, 0.2) is 0 Å². The van der Waals surface area contributed by atoms with Gasteiger partial charge in [0.05, 0.1) is 5.56 Å². The number of nitrogens with one attached hydrogen (secondary N) is 1. The monoisotopic (exact) mass is 633 g/mol. The van der Waals surface area contributed by atoms with Gasteiger partial charge in [-0.3, -0.25) is 9.59 Å². The molecule has 2 amide bonds. The lowest BCUT2D eigenvalue weighted by Crippen LogP contribution is -2.48. The van der Waals surface area contributed by atoms with Crippen molar-refractivity contribution in [3.63, 3.8) is 0 Å². The van der Waals surface area contributed by atoms with Crippen molar-refractivity contribution in [2.24, 2.45) is 0 Å². The van der Waals surface area contributed by atoms with Crippen LogP contribution >= 0.6 is 54.5 Å². The van der Waals surface area contributed by atoms with Crippen LogP contribution in [-0.2, 0) is 4.79 Å². The van der Waals surface area contributed by atoms with E-state index in [0.717, 1.165) is 56.5 Å². The number of piperazine rings is 1. The minimum atomic E-state index is -0.146. The minimum Gasteiger partial charge on any atom is -0.368 e. The van der Waals surface area contributed by atoms with Crippen LogP contribution in [0.4, 0.5) is 11.4 Å². The Bertz CT molecular complexity index is 898. The molecule has 0 aliphatic carbocycles. The average Bonchev–Trinajstić information content (AvgIpc) is 2.71. The van der Waals surface area contributed by atoms with Gasteiger partial charge in [-0.1, -0.05) is 22.9 Å². The maximum atomic E-state index is 12.7. The van der Waals surface area contributed by atoms with Crippen LogP contribution in [0.3, 0.4) is 0 Å². The van der Waals surface area contributed by atoms with Gasteiger partial charge in [-0.2, -0.15) is 0 Å². The second-order valence-corrected chi connectivity index (χ2v) is 9.72. The first kappa shape index (κ1) is 22.6. The van der Waals surface area contributed by atoms with Crippen molar-refractivity contribution < 1.29 is 9.59 Å². The number of amides is 2. The van der Waals surface area contributed by atoms with E-state index in [0.29, 0.717) is 12.0 Å². The number of hydrogen-bond donors (Lipinski definition) is 1. The molecule has 2 aromatic carbocycles. The second kappa shape index (κ2) is 10.3. The van der Waals surface area contributed by atoms with E-state index in [2.05, 4.69) is 64.7 Å². The van der Waals surface area contributed by atoms with Crippen LogP contribution in [0, 0.1) is 3.57 Å². The molecule has 2 aromatic rings. The normalized spacial score (nSPS) is 14.1. The van der Waals surface area contributed by atoms with Crippen LogP contribution in [0.15, 0.2) is 45.3 Å². The first-order valence-electron chi connectivity index (χ1n) is 9.47. The van der Waals surface area contributed by atoms with Crippen LogP contribution in [0.25, 0.3) is 0 Å². The molecule has 1 heterocycles. The largest absolute Gasteiger partial charge is 0.368 e. The molecule has 5 nitrogen and oxygen atoms in total. The number of rotatable bonds is 5. The highest BCUT2D eigenvalue weighted by Crippen LogP contribution is 2.28. The van der Waals surface area contributed by atoms with Crippen molar-refractivity contribution in [2.45, 2.75) is 19.8 Å². The first-order chi connectivity index (χ1) is 13.9. The summed E-state index contributed by atoms with van der Waals surface area (Å²) in [6.07, 6.45) is 1.52. The summed E-state index contributed by atoms with van der Waals surface area (Å²) in [4.78, 5) is 28.9. The molecule has 1 saturated heterocycles. The molecule has 0 unspecified atom stereocenters. The van der Waals surface area contributed by atoms with Crippen molar-refractivity contribution in [1.29, 1.82) is 0 Å². The van der Waals surface area contributed by atoms with Gasteiger partial charge in [-0.15, -0.1) is 0 Å². The van der Waals surface area contributed by atoms with Gasteiger partial charge in [0.25, 0.3) is 5.91 Å². The number of nitrogens with zero attached hydrogens (tertiary/aromatic N) is 2. The highest BCUT2D eigenvalue weighted by Gasteiger charge is 2.20. The van der Waals surface area contributed by atoms with Crippen molar-refractivity contribution in [1.82, 2.24) is 4.90 Å². The van der Waals surface area contributed by atoms with Crippen LogP contribution in [0.1, 0.15) is 30.1 Å². The van der Waals surface area contributed by atoms with E-state index in [4.69, 9.17) is 0 Å². The lowest BCUT2D eigenvalue weighted by Gasteiger charge is -2.36. The number of benzene rings is 2. The summed E-state index contributed by atoms with van der Waals surface area (Å²) in [5.74, 6) is 0.103. The molecule has 29 heavy (non-hydrogen) atoms. The van der Waals surface area contributed by atoms with Crippen molar-refractivity contribution >= 4 is 77.6 Å². The van der Waals surface area contributed by atoms with Crippen molar-refractivity contribution in [3.05, 3.63) is 54.5 Å². The third kappa shape index (κ3) is 5.73. The average molecular weight is 635 g/mol. The third-order valence-electron chi connectivity index (χ3n) is 4.82. The molecule has 0 spiro atoms. The molecule has 0 atom stereocenters. The van der Waals surface area contributed by atoms with Crippen LogP contribution < -0.4 is 10.2 Å². The number of anilines is 2. The maximum Gasteiger partial charge on any atom is 0.256 e. The summed E-state index contributed by atoms with van der Waals surface area (Å²) in [6, 6.07) is 11.6. The van der Waals surface area contributed by atoms with Crippen LogP contribution in [0.2, 0.25) is 0 Å². The Morgan fingerprint density at radius 3 is 2.34 bits per heavy atom. The molecule has 1 aliphatic rings. The van der Waals surface area contributed by atoms with E-state index in [9.17, 15) is 9.59 Å². The highest BCUT2D eigenvalue weighted by atomic mass is 127. The fourth-order valence-electron chi connectivity index (χ4n) is 3.26. The molecular formula is C21H22Br2IN3O2. The molecule has 0 bridgehead atoms. The zero-order valence-electron chi connectivity index (χ0n) is 16.1. The van der Waals surface area contributed by atoms with Gasteiger partial charge in [0.2, 0.25) is 5.91 Å². The molecule has 3 rings (SSSR count). The quantitative estimate of drug-likeness (QED) is 0.348. The van der Waals surface area contributed by atoms with Gasteiger partial charge in [0.1, 0.15) is 0 Å². The Morgan fingerprint density at radius 1 is 1.07 bits per heavy atom. The van der Waals surface area contributed by atoms with E-state index in [1.807, 2.05) is 48.2 Å². The number of hydrogen-bond acceptors (Lipinski definition) is 3. The Balaban J connectivity index is 1.61. The Hall–Kier alpha value is -1.13. The topological polar surface area (TPSA) is 52.7 Å². The molecule has 1 fully saturated rings. The van der Waals surface area contributed by atoms with Gasteiger partial charge in [0, 0.05) is 56.5 Å². The highest BCUT2D eigenvalue weighted by molar-refractivity contribution is 14.1. The van der Waals surface area contributed by atoms with Crippen LogP contribution in [0.5, 0.6) is 0 Å². The summed E-state index contributed by atoms with van der Waals surface area (Å²) in [6.45, 7) is 5.20. The van der Waals surface area contributed by atoms with Gasteiger partial charge in [-0.25, -0.2) is 0 Å². The summed E-state index contributed by atoms with van der Waals surface area (Å²) < 4.78 is 2.60. The minimum absolute atomic E-state index is 0.146. The zero-order valence-corrected chi connectivity index (χ0v) is 21.4. The standard InChI is InChI=1S/C21H22Br2IN3O2/c1-2-3-19(28)27-10-8-26(9-11-27)16-6-4-15(5-7-16)25-21(29)17-12-14(22)13-18(23)20(17)24/h4-7,12-13H,2-3,8-11H2,1H3,(H,25,29). The van der Waals surface area contributed by atoms with Gasteiger partial charge < -0.3 is 15.1 Å². The van der Waals surface area contributed by atoms with E-state index in [1.165, 1.54) is 0 Å². The van der Waals surface area contributed by atoms with E-state index in [1.54, 1.807) is 0 Å². The van der Waals surface area contributed by atoms with E-state index < -0.39 is 0 Å². The first-order valence-corrected chi connectivity index (χ1v) is 12.1. The van der Waals surface area contributed by atoms with Crippen LogP contribution in [-0.4, -0.2) is 42.9 Å². The summed E-state index contributed by atoms with van der Waals surface area (Å²) in [5.41, 5.74) is 2.47. The van der Waals surface area contributed by atoms with Crippen molar-refractivity contribution in [2.75, 3.05) is 36.4 Å². The number of carbonyl (C=O) groups is 2. The summed E-state index contributed by atoms with van der Waals surface area (Å²) >= 11 is 9.07. The molecule has 1 N–H and O–H groups in total. The molecule has 0 radical (unpaired) electrons. The molecule has 8 heteroatoms. The summed E-state index contributed by atoms with van der Waals surface area (Å²) in [7, 11) is 0. The molecule has 154 valence electrons. The molecular weight excluding hydrogens is 613 g/mol. The Labute approximate surface area is 201 Å².